The van der Waals surface area contributed by atoms with Crippen LogP contribution in [0.15, 0.2) is 97.2 Å². The number of carboxylic acids is 1. The van der Waals surface area contributed by atoms with E-state index in [1.807, 2.05) is 21.1 Å². The molecule has 598 valence electrons. The van der Waals surface area contributed by atoms with Crippen molar-refractivity contribution < 1.29 is 42.9 Å². The number of nitrogens with zero attached hydrogens (tertiary/aromatic N) is 1. The van der Waals surface area contributed by atoms with Crippen LogP contribution < -0.4 is 0 Å². The third kappa shape index (κ3) is 85.3. The Morgan fingerprint density at radius 1 is 0.301 bits per heavy atom. The molecule has 0 aliphatic heterocycles. The van der Waals surface area contributed by atoms with Crippen molar-refractivity contribution in [1.82, 2.24) is 0 Å². The zero-order valence-electron chi connectivity index (χ0n) is 68.7. The summed E-state index contributed by atoms with van der Waals surface area (Å²) in [6.45, 7) is 4.82. The van der Waals surface area contributed by atoms with Crippen molar-refractivity contribution in [2.45, 2.75) is 437 Å². The number of likely N-dealkylation sites (N-methyl/N-ethyl adjacent to an activating group) is 1. The molecular formula is C94H170NO8+. The van der Waals surface area contributed by atoms with E-state index < -0.39 is 18.4 Å². The maximum absolute atomic E-state index is 13.0. The molecule has 0 rings (SSSR count). The van der Waals surface area contributed by atoms with Crippen LogP contribution in [-0.2, 0) is 33.3 Å². The molecule has 0 aliphatic carbocycles. The minimum atomic E-state index is -1.51. The number of rotatable bonds is 83. The van der Waals surface area contributed by atoms with Gasteiger partial charge in [-0.3, -0.25) is 9.59 Å². The van der Waals surface area contributed by atoms with Crippen molar-refractivity contribution in [2.24, 2.45) is 0 Å². The number of allylic oxidation sites excluding steroid dienone is 16. The smallest absolute Gasteiger partial charge is 0.361 e. The number of esters is 2. The Bertz CT molecular complexity index is 2030. The quantitative estimate of drug-likeness (QED) is 0.0211. The first-order chi connectivity index (χ1) is 50.6. The standard InChI is InChI=1S/C94H169NO8/c1-6-8-10-12-14-16-18-20-22-24-26-28-30-32-34-36-38-40-42-44-45-46-47-49-51-53-55-57-59-61-63-65-67-69-71-73-75-77-79-81-83-85-92(97)103-90(89-102-94(93(98)99)100-87-86-95(3,4)5)88-101-91(96)84-82-80-78-76-74-72-70-68-66-64-62-60-58-56-54-52-50-48-43-41-39-37-35-33-31-29-27-25-23-21-19-17-15-13-11-9-7-2/h8,10,14,16,19-22,25-28,32,34,38,40,90,94H,6-7,9,11-13,15,17-18,23-24,29-31,33,35-37,39,41-89H2,1-5H3/p+1/b10-8-,16-14-,21-19-,22-20-,27-25-,28-26-,34-32-,40-38-. The highest BCUT2D eigenvalue weighted by atomic mass is 16.7. The van der Waals surface area contributed by atoms with Crippen LogP contribution in [0.5, 0.6) is 0 Å². The minimum Gasteiger partial charge on any atom is -0.477 e. The van der Waals surface area contributed by atoms with Crippen LogP contribution in [0.3, 0.4) is 0 Å². The highest BCUT2D eigenvalue weighted by Gasteiger charge is 2.25. The Kier molecular flexibility index (Phi) is 80.8. The number of carboxylic acid groups (broad SMARTS) is 1. The zero-order chi connectivity index (χ0) is 74.6. The molecule has 9 heteroatoms. The van der Waals surface area contributed by atoms with Crippen LogP contribution in [0.25, 0.3) is 0 Å². The molecule has 2 unspecified atom stereocenters. The van der Waals surface area contributed by atoms with Gasteiger partial charge in [0.05, 0.1) is 34.4 Å². The minimum absolute atomic E-state index is 0.178. The first-order valence-corrected chi connectivity index (χ1v) is 44.4. The van der Waals surface area contributed by atoms with E-state index in [2.05, 4.69) is 111 Å². The number of quaternary nitrogens is 1. The van der Waals surface area contributed by atoms with E-state index in [0.29, 0.717) is 17.4 Å². The molecule has 0 fully saturated rings. The molecule has 0 aromatic rings. The average Bonchev–Trinajstić information content (AvgIpc) is 1.01. The lowest BCUT2D eigenvalue weighted by Crippen LogP contribution is -2.40. The van der Waals surface area contributed by atoms with E-state index in [9.17, 15) is 19.5 Å². The lowest BCUT2D eigenvalue weighted by Gasteiger charge is -2.25. The number of carbonyl (C=O) groups excluding carboxylic acids is 2. The van der Waals surface area contributed by atoms with Gasteiger partial charge in [0.25, 0.3) is 6.29 Å². The second kappa shape index (κ2) is 83.8. The predicted molar refractivity (Wildman–Crippen MR) is 447 cm³/mol. The highest BCUT2D eigenvalue weighted by Crippen LogP contribution is 2.20. The molecule has 103 heavy (non-hydrogen) atoms. The van der Waals surface area contributed by atoms with E-state index in [1.54, 1.807) is 0 Å². The van der Waals surface area contributed by atoms with Gasteiger partial charge in [-0.2, -0.15) is 0 Å². The molecule has 0 spiro atoms. The van der Waals surface area contributed by atoms with Gasteiger partial charge in [0.1, 0.15) is 13.2 Å². The lowest BCUT2D eigenvalue weighted by atomic mass is 10.0. The molecule has 0 aromatic heterocycles. The van der Waals surface area contributed by atoms with E-state index in [-0.39, 0.29) is 38.2 Å². The third-order valence-corrected chi connectivity index (χ3v) is 19.8. The molecule has 0 radical (unpaired) electrons. The number of carbonyl (C=O) groups is 3. The Labute approximate surface area is 639 Å². The molecule has 0 aliphatic rings. The summed E-state index contributed by atoms with van der Waals surface area (Å²) in [6.07, 6.45) is 115. The molecule has 1 N–H and O–H groups in total. The SMILES string of the molecule is CC/C=C\C/C=C\C/C=C\C/C=C\C/C=C\C/C=C\CCCCCCCCCCCCCCCCCCCCCCCCC(=O)OC(COC(=O)CCCCCCCCCCCCCCCCCCCCCCCCCCC/C=C\C/C=C\CCCCCCC)COC(OCC[N+](C)(C)C)C(=O)O. The fraction of sp³-hybridized carbons (Fsp3) is 0.798. The number of unbranched alkanes of at least 4 members (excludes halogenated alkanes) is 52. The van der Waals surface area contributed by atoms with Gasteiger partial charge in [0.2, 0.25) is 0 Å². The van der Waals surface area contributed by atoms with Crippen molar-refractivity contribution in [3.63, 3.8) is 0 Å². The zero-order valence-corrected chi connectivity index (χ0v) is 68.7. The Balaban J connectivity index is 3.93. The molecule has 9 nitrogen and oxygen atoms in total. The van der Waals surface area contributed by atoms with Crippen LogP contribution >= 0.6 is 0 Å². The van der Waals surface area contributed by atoms with Crippen LogP contribution in [0.1, 0.15) is 425 Å². The van der Waals surface area contributed by atoms with Gasteiger partial charge in [-0.1, -0.05) is 413 Å². The topological polar surface area (TPSA) is 108 Å². The lowest BCUT2D eigenvalue weighted by molar-refractivity contribution is -0.870. The Hall–Kier alpha value is -3.79. The predicted octanol–water partition coefficient (Wildman–Crippen LogP) is 29.0. The second-order valence-electron chi connectivity index (χ2n) is 31.2. The van der Waals surface area contributed by atoms with Gasteiger partial charge >= 0.3 is 17.9 Å². The highest BCUT2D eigenvalue weighted by molar-refractivity contribution is 5.71. The Morgan fingerprint density at radius 2 is 0.553 bits per heavy atom. The molecule has 0 bridgehead atoms. The van der Waals surface area contributed by atoms with Crippen molar-refractivity contribution >= 4 is 17.9 Å². The van der Waals surface area contributed by atoms with Gasteiger partial charge in [0.15, 0.2) is 6.10 Å². The normalized spacial score (nSPS) is 13.1. The molecule has 0 amide bonds. The van der Waals surface area contributed by atoms with Crippen LogP contribution in [-0.4, -0.2) is 87.4 Å². The summed E-state index contributed by atoms with van der Waals surface area (Å²) in [6, 6.07) is 0. The summed E-state index contributed by atoms with van der Waals surface area (Å²) in [4.78, 5) is 37.8. The Morgan fingerprint density at radius 3 is 0.825 bits per heavy atom. The van der Waals surface area contributed by atoms with E-state index in [0.717, 1.165) is 83.5 Å². The van der Waals surface area contributed by atoms with Gasteiger partial charge in [-0.25, -0.2) is 4.79 Å². The summed E-state index contributed by atoms with van der Waals surface area (Å²) in [5.74, 6) is -1.97. The van der Waals surface area contributed by atoms with Crippen molar-refractivity contribution in [1.29, 1.82) is 0 Å². The fourth-order valence-corrected chi connectivity index (χ4v) is 13.1. The maximum atomic E-state index is 13.0. The van der Waals surface area contributed by atoms with Crippen LogP contribution in [0, 0.1) is 0 Å². The fourth-order valence-electron chi connectivity index (χ4n) is 13.1. The summed E-state index contributed by atoms with van der Waals surface area (Å²) in [7, 11) is 6.00. The van der Waals surface area contributed by atoms with Gasteiger partial charge in [-0.15, -0.1) is 0 Å². The van der Waals surface area contributed by atoms with Gasteiger partial charge in [-0.05, 0) is 96.3 Å². The first-order valence-electron chi connectivity index (χ1n) is 44.4. The van der Waals surface area contributed by atoms with Gasteiger partial charge < -0.3 is 28.5 Å². The second-order valence-corrected chi connectivity index (χ2v) is 31.2. The van der Waals surface area contributed by atoms with Crippen molar-refractivity contribution in [3.8, 4) is 0 Å². The van der Waals surface area contributed by atoms with Crippen molar-refractivity contribution in [3.05, 3.63) is 97.2 Å². The monoisotopic (exact) mass is 1440 g/mol. The number of hydrogen-bond acceptors (Lipinski definition) is 7. The number of aliphatic carboxylic acids is 1. The molecule has 0 aromatic carbocycles. The average molecular weight is 1440 g/mol. The number of ether oxygens (including phenoxy) is 4. The van der Waals surface area contributed by atoms with Crippen LogP contribution in [0.4, 0.5) is 0 Å². The van der Waals surface area contributed by atoms with Gasteiger partial charge in [0, 0.05) is 12.8 Å². The van der Waals surface area contributed by atoms with Crippen LogP contribution in [0.2, 0.25) is 0 Å². The summed E-state index contributed by atoms with van der Waals surface area (Å²) >= 11 is 0. The van der Waals surface area contributed by atoms with E-state index in [4.69, 9.17) is 18.9 Å². The first kappa shape index (κ1) is 99.2. The summed E-state index contributed by atoms with van der Waals surface area (Å²) in [5, 5.41) is 9.79. The molecule has 0 saturated carbocycles. The number of hydrogen-bond donors (Lipinski definition) is 1. The van der Waals surface area contributed by atoms with E-state index in [1.165, 1.54) is 315 Å². The molecule has 0 heterocycles. The largest absolute Gasteiger partial charge is 0.477 e. The molecule has 2 atom stereocenters. The molecular weight excluding hydrogens is 1270 g/mol. The molecule has 0 saturated heterocycles. The summed E-state index contributed by atoms with van der Waals surface area (Å²) < 4.78 is 23.1. The third-order valence-electron chi connectivity index (χ3n) is 19.8. The maximum Gasteiger partial charge on any atom is 0.361 e. The van der Waals surface area contributed by atoms with Crippen molar-refractivity contribution in [2.75, 3.05) is 47.5 Å². The summed E-state index contributed by atoms with van der Waals surface area (Å²) in [5.41, 5.74) is 0. The van der Waals surface area contributed by atoms with E-state index >= 15 is 0 Å².